The molecule has 1 saturated heterocycles. The van der Waals surface area contributed by atoms with Crippen molar-refractivity contribution in [3.8, 4) is 0 Å². The van der Waals surface area contributed by atoms with E-state index in [9.17, 15) is 0 Å². The molecular weight excluding hydrogens is 136 g/mol. The Labute approximate surface area is 69.4 Å². The molecule has 2 atom stereocenters. The van der Waals surface area contributed by atoms with Gasteiger partial charge in [0.2, 0.25) is 0 Å². The lowest BCUT2D eigenvalue weighted by atomic mass is 10.1. The molecule has 64 valence electrons. The fourth-order valence-electron chi connectivity index (χ4n) is 1.55. The fraction of sp³-hybridized carbons (Fsp3) is 0.800. The lowest BCUT2D eigenvalue weighted by Gasteiger charge is -2.09. The topological polar surface area (TPSA) is 9.23 Å². The van der Waals surface area contributed by atoms with Gasteiger partial charge in [0, 0.05) is 0 Å². The van der Waals surface area contributed by atoms with Gasteiger partial charge in [0.05, 0.1) is 12.2 Å². The van der Waals surface area contributed by atoms with Crippen LogP contribution in [0.25, 0.3) is 0 Å². The first kappa shape index (κ1) is 8.79. The molecule has 1 heteroatoms. The second kappa shape index (κ2) is 4.55. The predicted molar refractivity (Wildman–Crippen MR) is 47.6 cm³/mol. The van der Waals surface area contributed by atoms with Crippen LogP contribution in [0.3, 0.4) is 0 Å². The molecular formula is C10H18O. The third-order valence-corrected chi connectivity index (χ3v) is 2.28. The molecule has 0 aromatic carbocycles. The second-order valence-corrected chi connectivity index (χ2v) is 3.25. The van der Waals surface area contributed by atoms with Crippen LogP contribution >= 0.6 is 0 Å². The van der Waals surface area contributed by atoms with Crippen molar-refractivity contribution in [1.29, 1.82) is 0 Å². The molecule has 0 amide bonds. The van der Waals surface area contributed by atoms with Gasteiger partial charge in [0.25, 0.3) is 0 Å². The SMILES string of the molecule is C=C[C@@H]1CC[C@@H](CCCC)O1. The summed E-state index contributed by atoms with van der Waals surface area (Å²) < 4.78 is 5.69. The Bertz CT molecular complexity index is 120. The number of rotatable bonds is 4. The van der Waals surface area contributed by atoms with Gasteiger partial charge in [0.15, 0.2) is 0 Å². The summed E-state index contributed by atoms with van der Waals surface area (Å²) in [6.07, 6.45) is 9.02. The third kappa shape index (κ3) is 2.66. The summed E-state index contributed by atoms with van der Waals surface area (Å²) in [6, 6.07) is 0. The van der Waals surface area contributed by atoms with Gasteiger partial charge in [-0.3, -0.25) is 0 Å². The maximum absolute atomic E-state index is 5.69. The van der Waals surface area contributed by atoms with Crippen LogP contribution in [0.1, 0.15) is 39.0 Å². The Morgan fingerprint density at radius 1 is 1.55 bits per heavy atom. The lowest BCUT2D eigenvalue weighted by Crippen LogP contribution is -2.08. The smallest absolute Gasteiger partial charge is 0.0757 e. The Hall–Kier alpha value is -0.300. The molecule has 0 radical (unpaired) electrons. The zero-order chi connectivity index (χ0) is 8.10. The molecule has 0 unspecified atom stereocenters. The molecule has 1 heterocycles. The number of ether oxygens (including phenoxy) is 1. The van der Waals surface area contributed by atoms with Gasteiger partial charge in [-0.15, -0.1) is 6.58 Å². The summed E-state index contributed by atoms with van der Waals surface area (Å²) in [7, 11) is 0. The highest BCUT2D eigenvalue weighted by molar-refractivity contribution is 4.86. The van der Waals surface area contributed by atoms with E-state index in [-0.39, 0.29) is 0 Å². The van der Waals surface area contributed by atoms with Crippen molar-refractivity contribution >= 4 is 0 Å². The van der Waals surface area contributed by atoms with Crippen LogP contribution in [0.15, 0.2) is 12.7 Å². The van der Waals surface area contributed by atoms with E-state index in [1.165, 1.54) is 32.1 Å². The van der Waals surface area contributed by atoms with Crippen LogP contribution in [-0.4, -0.2) is 12.2 Å². The molecule has 0 aliphatic carbocycles. The highest BCUT2D eigenvalue weighted by Gasteiger charge is 2.21. The van der Waals surface area contributed by atoms with Crippen LogP contribution in [0, 0.1) is 0 Å². The van der Waals surface area contributed by atoms with Crippen molar-refractivity contribution < 1.29 is 4.74 Å². The summed E-state index contributed by atoms with van der Waals surface area (Å²) in [5.74, 6) is 0. The van der Waals surface area contributed by atoms with E-state index in [0.717, 1.165) is 0 Å². The first-order valence-electron chi connectivity index (χ1n) is 4.64. The first-order chi connectivity index (χ1) is 5.36. The minimum Gasteiger partial charge on any atom is -0.371 e. The highest BCUT2D eigenvalue weighted by atomic mass is 16.5. The third-order valence-electron chi connectivity index (χ3n) is 2.28. The molecule has 11 heavy (non-hydrogen) atoms. The van der Waals surface area contributed by atoms with E-state index in [2.05, 4.69) is 13.5 Å². The van der Waals surface area contributed by atoms with E-state index in [0.29, 0.717) is 12.2 Å². The van der Waals surface area contributed by atoms with Gasteiger partial charge in [-0.05, 0) is 19.3 Å². The number of hydrogen-bond acceptors (Lipinski definition) is 1. The van der Waals surface area contributed by atoms with Gasteiger partial charge in [0.1, 0.15) is 0 Å². The summed E-state index contributed by atoms with van der Waals surface area (Å²) in [4.78, 5) is 0. The summed E-state index contributed by atoms with van der Waals surface area (Å²) in [5.41, 5.74) is 0. The Kier molecular flexibility index (Phi) is 3.64. The summed E-state index contributed by atoms with van der Waals surface area (Å²) in [5, 5.41) is 0. The highest BCUT2D eigenvalue weighted by Crippen LogP contribution is 2.23. The predicted octanol–water partition coefficient (Wildman–Crippen LogP) is 2.91. The lowest BCUT2D eigenvalue weighted by molar-refractivity contribution is 0.0645. The van der Waals surface area contributed by atoms with Crippen LogP contribution in [0.4, 0.5) is 0 Å². The molecule has 1 fully saturated rings. The Balaban J connectivity index is 2.14. The summed E-state index contributed by atoms with van der Waals surface area (Å²) in [6.45, 7) is 5.95. The molecule has 0 aromatic rings. The standard InChI is InChI=1S/C10H18O/c1-3-5-6-10-8-7-9(4-2)11-10/h4,9-10H,2-3,5-8H2,1H3/t9-,10-/m1/s1. The van der Waals surface area contributed by atoms with Crippen molar-refractivity contribution in [1.82, 2.24) is 0 Å². The number of unbranched alkanes of at least 4 members (excludes halogenated alkanes) is 1. The van der Waals surface area contributed by atoms with Crippen molar-refractivity contribution in [2.24, 2.45) is 0 Å². The van der Waals surface area contributed by atoms with Crippen molar-refractivity contribution in [3.05, 3.63) is 12.7 Å². The Morgan fingerprint density at radius 3 is 2.91 bits per heavy atom. The van der Waals surface area contributed by atoms with Gasteiger partial charge < -0.3 is 4.74 Å². The van der Waals surface area contributed by atoms with Gasteiger partial charge in [-0.1, -0.05) is 25.8 Å². The number of hydrogen-bond donors (Lipinski definition) is 0. The quantitative estimate of drug-likeness (QED) is 0.566. The van der Waals surface area contributed by atoms with Crippen molar-refractivity contribution in [2.75, 3.05) is 0 Å². The van der Waals surface area contributed by atoms with Gasteiger partial charge in [-0.25, -0.2) is 0 Å². The average molecular weight is 154 g/mol. The summed E-state index contributed by atoms with van der Waals surface area (Å²) >= 11 is 0. The molecule has 1 rings (SSSR count). The van der Waals surface area contributed by atoms with Crippen LogP contribution < -0.4 is 0 Å². The maximum atomic E-state index is 5.69. The average Bonchev–Trinajstić information content (AvgIpc) is 2.48. The Morgan fingerprint density at radius 2 is 2.36 bits per heavy atom. The van der Waals surface area contributed by atoms with E-state index >= 15 is 0 Å². The molecule has 0 aromatic heterocycles. The van der Waals surface area contributed by atoms with Crippen LogP contribution in [-0.2, 0) is 4.74 Å². The zero-order valence-corrected chi connectivity index (χ0v) is 7.38. The fourth-order valence-corrected chi connectivity index (χ4v) is 1.55. The van der Waals surface area contributed by atoms with E-state index in [4.69, 9.17) is 4.74 Å². The van der Waals surface area contributed by atoms with Crippen molar-refractivity contribution in [3.63, 3.8) is 0 Å². The van der Waals surface area contributed by atoms with E-state index in [1.807, 2.05) is 6.08 Å². The minimum absolute atomic E-state index is 0.344. The van der Waals surface area contributed by atoms with Gasteiger partial charge in [-0.2, -0.15) is 0 Å². The molecule has 1 aliphatic rings. The molecule has 1 nitrogen and oxygen atoms in total. The molecule has 0 saturated carbocycles. The molecule has 0 N–H and O–H groups in total. The second-order valence-electron chi connectivity index (χ2n) is 3.25. The van der Waals surface area contributed by atoms with Gasteiger partial charge >= 0.3 is 0 Å². The van der Waals surface area contributed by atoms with E-state index < -0.39 is 0 Å². The molecule has 0 spiro atoms. The normalized spacial score (nSPS) is 30.6. The monoisotopic (exact) mass is 154 g/mol. The molecule has 1 aliphatic heterocycles. The zero-order valence-electron chi connectivity index (χ0n) is 7.38. The van der Waals surface area contributed by atoms with Crippen LogP contribution in [0.5, 0.6) is 0 Å². The van der Waals surface area contributed by atoms with Crippen LogP contribution in [0.2, 0.25) is 0 Å². The first-order valence-corrected chi connectivity index (χ1v) is 4.64. The van der Waals surface area contributed by atoms with E-state index in [1.54, 1.807) is 0 Å². The largest absolute Gasteiger partial charge is 0.371 e. The minimum atomic E-state index is 0.344. The maximum Gasteiger partial charge on any atom is 0.0757 e. The van der Waals surface area contributed by atoms with Crippen molar-refractivity contribution in [2.45, 2.75) is 51.2 Å². The molecule has 0 bridgehead atoms.